The summed E-state index contributed by atoms with van der Waals surface area (Å²) >= 11 is 0. The topological polar surface area (TPSA) is 38.5 Å². The van der Waals surface area contributed by atoms with E-state index in [4.69, 9.17) is 10.5 Å². The normalized spacial score (nSPS) is 13.2. The fraction of sp³-hybridized carbons (Fsp3) is 0.571. The van der Waals surface area contributed by atoms with Gasteiger partial charge in [-0.1, -0.05) is 18.2 Å². The molecule has 0 bridgehead atoms. The molecule has 0 aliphatic rings. The monoisotopic (exact) mass is 272 g/mol. The van der Waals surface area contributed by atoms with Crippen molar-refractivity contribution in [2.45, 2.75) is 18.9 Å². The molecule has 0 amide bonds. The van der Waals surface area contributed by atoms with Gasteiger partial charge in [-0.3, -0.25) is 4.90 Å². The van der Waals surface area contributed by atoms with Crippen molar-refractivity contribution in [3.63, 3.8) is 0 Å². The first-order valence-corrected chi connectivity index (χ1v) is 6.37. The predicted molar refractivity (Wildman–Crippen MR) is 72.3 cm³/mol. The van der Waals surface area contributed by atoms with E-state index in [0.717, 1.165) is 18.5 Å². The van der Waals surface area contributed by atoms with Crippen LogP contribution in [0.5, 0.6) is 0 Å². The summed E-state index contributed by atoms with van der Waals surface area (Å²) in [6, 6.07) is 6.43. The van der Waals surface area contributed by atoms with Crippen molar-refractivity contribution in [3.05, 3.63) is 35.4 Å². The van der Waals surface area contributed by atoms with Gasteiger partial charge in [-0.05, 0) is 25.1 Å². The number of rotatable bonds is 8. The van der Waals surface area contributed by atoms with Crippen molar-refractivity contribution in [3.8, 4) is 0 Å². The molecule has 0 spiro atoms. The Kier molecular flexibility index (Phi) is 6.91. The van der Waals surface area contributed by atoms with E-state index >= 15 is 0 Å². The third-order valence-corrected chi connectivity index (χ3v) is 3.16. The van der Waals surface area contributed by atoms with Crippen molar-refractivity contribution in [2.75, 3.05) is 33.9 Å². The molecule has 0 saturated heterocycles. The van der Waals surface area contributed by atoms with Crippen molar-refractivity contribution in [2.24, 2.45) is 5.73 Å². The SMILES string of the molecule is COCCCN(C)C(CN)c1cccc(C(F)F)c1. The number of halogens is 2. The highest BCUT2D eigenvalue weighted by Gasteiger charge is 2.17. The van der Waals surface area contributed by atoms with E-state index < -0.39 is 6.43 Å². The van der Waals surface area contributed by atoms with Crippen LogP contribution in [0.4, 0.5) is 8.78 Å². The van der Waals surface area contributed by atoms with Gasteiger partial charge < -0.3 is 10.5 Å². The van der Waals surface area contributed by atoms with E-state index in [9.17, 15) is 8.78 Å². The largest absolute Gasteiger partial charge is 0.385 e. The summed E-state index contributed by atoms with van der Waals surface area (Å²) in [7, 11) is 3.61. The maximum atomic E-state index is 12.7. The van der Waals surface area contributed by atoms with Crippen LogP contribution in [0.2, 0.25) is 0 Å². The number of nitrogens with two attached hydrogens (primary N) is 1. The molecule has 108 valence electrons. The Morgan fingerprint density at radius 3 is 2.58 bits per heavy atom. The van der Waals surface area contributed by atoms with Crippen molar-refractivity contribution < 1.29 is 13.5 Å². The minimum atomic E-state index is -2.45. The minimum Gasteiger partial charge on any atom is -0.385 e. The number of benzene rings is 1. The molecule has 1 atom stereocenters. The Bertz CT molecular complexity index is 374. The summed E-state index contributed by atoms with van der Waals surface area (Å²) in [5.74, 6) is 0. The molecular formula is C14H22F2N2O. The zero-order valence-corrected chi connectivity index (χ0v) is 11.5. The number of nitrogens with zero attached hydrogens (tertiary/aromatic N) is 1. The summed E-state index contributed by atoms with van der Waals surface area (Å²) in [5, 5.41) is 0. The second-order valence-electron chi connectivity index (χ2n) is 4.55. The Morgan fingerprint density at radius 1 is 1.32 bits per heavy atom. The minimum absolute atomic E-state index is 0.0428. The lowest BCUT2D eigenvalue weighted by Gasteiger charge is -2.27. The van der Waals surface area contributed by atoms with E-state index in [1.165, 1.54) is 12.1 Å². The quantitative estimate of drug-likeness (QED) is 0.739. The van der Waals surface area contributed by atoms with Gasteiger partial charge in [-0.15, -0.1) is 0 Å². The van der Waals surface area contributed by atoms with Crippen LogP contribution in [0.3, 0.4) is 0 Å². The van der Waals surface area contributed by atoms with Crippen molar-refractivity contribution in [1.29, 1.82) is 0 Å². The highest BCUT2D eigenvalue weighted by Crippen LogP contribution is 2.24. The molecule has 3 nitrogen and oxygen atoms in total. The first-order valence-electron chi connectivity index (χ1n) is 6.37. The average Bonchev–Trinajstić information content (AvgIpc) is 2.40. The third-order valence-electron chi connectivity index (χ3n) is 3.16. The van der Waals surface area contributed by atoms with Crippen LogP contribution >= 0.6 is 0 Å². The lowest BCUT2D eigenvalue weighted by Crippen LogP contribution is -2.31. The van der Waals surface area contributed by atoms with Crippen LogP contribution in [0.15, 0.2) is 24.3 Å². The first-order chi connectivity index (χ1) is 9.10. The molecule has 2 N–H and O–H groups in total. The van der Waals surface area contributed by atoms with Crippen LogP contribution in [-0.4, -0.2) is 38.8 Å². The average molecular weight is 272 g/mol. The van der Waals surface area contributed by atoms with Crippen molar-refractivity contribution >= 4 is 0 Å². The van der Waals surface area contributed by atoms with E-state index in [1.807, 2.05) is 13.1 Å². The van der Waals surface area contributed by atoms with Crippen LogP contribution < -0.4 is 5.73 Å². The zero-order valence-electron chi connectivity index (χ0n) is 11.5. The highest BCUT2D eigenvalue weighted by atomic mass is 19.3. The first kappa shape index (κ1) is 16.0. The number of likely N-dealkylation sites (N-methyl/N-ethyl adjacent to an activating group) is 1. The van der Waals surface area contributed by atoms with Gasteiger partial charge in [-0.2, -0.15) is 0 Å². The molecule has 0 aromatic heterocycles. The smallest absolute Gasteiger partial charge is 0.263 e. The van der Waals surface area contributed by atoms with E-state index in [-0.39, 0.29) is 11.6 Å². The lowest BCUT2D eigenvalue weighted by molar-refractivity contribution is 0.150. The molecular weight excluding hydrogens is 250 g/mol. The standard InChI is InChI=1S/C14H22F2N2O/c1-18(7-4-8-19-2)13(10-17)11-5-3-6-12(9-11)14(15)16/h3,5-6,9,13-14H,4,7-8,10,17H2,1-2H3. The number of methoxy groups -OCH3 is 1. The van der Waals surface area contributed by atoms with Gasteiger partial charge in [0.15, 0.2) is 0 Å². The van der Waals surface area contributed by atoms with Gasteiger partial charge in [0.05, 0.1) is 0 Å². The van der Waals surface area contributed by atoms with Crippen LogP contribution in [0, 0.1) is 0 Å². The van der Waals surface area contributed by atoms with Gasteiger partial charge in [0.25, 0.3) is 6.43 Å². The maximum Gasteiger partial charge on any atom is 0.263 e. The molecule has 0 radical (unpaired) electrons. The van der Waals surface area contributed by atoms with Gasteiger partial charge in [0.2, 0.25) is 0 Å². The second kappa shape index (κ2) is 8.19. The lowest BCUT2D eigenvalue weighted by atomic mass is 10.0. The van der Waals surface area contributed by atoms with Gasteiger partial charge in [0.1, 0.15) is 0 Å². The molecule has 0 aliphatic heterocycles. The van der Waals surface area contributed by atoms with E-state index in [0.29, 0.717) is 13.2 Å². The Hall–Kier alpha value is -1.04. The number of alkyl halides is 2. The molecule has 1 unspecified atom stereocenters. The summed E-state index contributed by atoms with van der Waals surface area (Å²) in [6.45, 7) is 1.89. The molecule has 0 saturated carbocycles. The summed E-state index contributed by atoms with van der Waals surface area (Å²) in [6.07, 6.45) is -1.56. The maximum absolute atomic E-state index is 12.7. The predicted octanol–water partition coefficient (Wildman–Crippen LogP) is 2.59. The Balaban J connectivity index is 2.75. The number of ether oxygens (including phenoxy) is 1. The third kappa shape index (κ3) is 4.86. The zero-order chi connectivity index (χ0) is 14.3. The molecule has 0 aliphatic carbocycles. The molecule has 0 fully saturated rings. The molecule has 1 aromatic rings. The fourth-order valence-electron chi connectivity index (χ4n) is 2.09. The van der Waals surface area contributed by atoms with Gasteiger partial charge >= 0.3 is 0 Å². The summed E-state index contributed by atoms with van der Waals surface area (Å²) in [5.41, 5.74) is 6.65. The number of hydrogen-bond acceptors (Lipinski definition) is 3. The molecule has 5 heteroatoms. The molecule has 1 aromatic carbocycles. The van der Waals surface area contributed by atoms with E-state index in [1.54, 1.807) is 13.2 Å². The summed E-state index contributed by atoms with van der Waals surface area (Å²) < 4.78 is 30.4. The van der Waals surface area contributed by atoms with Crippen LogP contribution in [0.1, 0.15) is 30.0 Å². The van der Waals surface area contributed by atoms with E-state index in [2.05, 4.69) is 4.90 Å². The Morgan fingerprint density at radius 2 is 2.00 bits per heavy atom. The molecule has 1 rings (SSSR count). The highest BCUT2D eigenvalue weighted by molar-refractivity contribution is 5.27. The van der Waals surface area contributed by atoms with Crippen LogP contribution in [-0.2, 0) is 4.74 Å². The molecule has 0 heterocycles. The molecule has 19 heavy (non-hydrogen) atoms. The number of hydrogen-bond donors (Lipinski definition) is 1. The fourth-order valence-corrected chi connectivity index (χ4v) is 2.09. The van der Waals surface area contributed by atoms with Crippen molar-refractivity contribution in [1.82, 2.24) is 4.90 Å². The van der Waals surface area contributed by atoms with Crippen LogP contribution in [0.25, 0.3) is 0 Å². The summed E-state index contributed by atoms with van der Waals surface area (Å²) in [4.78, 5) is 2.07. The Labute approximate surface area is 113 Å². The van der Waals surface area contributed by atoms with Gasteiger partial charge in [-0.25, -0.2) is 8.78 Å². The van der Waals surface area contributed by atoms with Gasteiger partial charge in [0, 0.05) is 38.4 Å². The second-order valence-corrected chi connectivity index (χ2v) is 4.55.